The van der Waals surface area contributed by atoms with E-state index in [4.69, 9.17) is 16.7 Å². The second kappa shape index (κ2) is 5.30. The number of anilines is 1. The first-order chi connectivity index (χ1) is 10.4. The Morgan fingerprint density at radius 3 is 2.64 bits per heavy atom. The summed E-state index contributed by atoms with van der Waals surface area (Å²) in [6.07, 6.45) is 0.551. The van der Waals surface area contributed by atoms with E-state index in [1.807, 2.05) is 0 Å². The van der Waals surface area contributed by atoms with Crippen LogP contribution in [0.4, 0.5) is 5.69 Å². The van der Waals surface area contributed by atoms with Crippen LogP contribution in [0.3, 0.4) is 0 Å². The topological polar surface area (TPSA) is 74.7 Å². The summed E-state index contributed by atoms with van der Waals surface area (Å²) in [6, 6.07) is 10.6. The quantitative estimate of drug-likeness (QED) is 0.934. The molecule has 0 saturated carbocycles. The maximum absolute atomic E-state index is 12.8. The molecular weight excluding hydrogens is 326 g/mol. The van der Waals surface area contributed by atoms with Crippen LogP contribution >= 0.6 is 11.6 Å². The molecule has 0 bridgehead atoms. The highest BCUT2D eigenvalue weighted by Crippen LogP contribution is 2.34. The summed E-state index contributed by atoms with van der Waals surface area (Å²) in [7, 11) is -3.76. The molecule has 114 valence electrons. The van der Waals surface area contributed by atoms with Crippen molar-refractivity contribution in [3.63, 3.8) is 0 Å². The molecular formula is C15H12ClNO4S. The summed E-state index contributed by atoms with van der Waals surface area (Å²) in [5.74, 6) is -1.09. The van der Waals surface area contributed by atoms with Crippen molar-refractivity contribution in [1.29, 1.82) is 0 Å². The molecule has 1 heterocycles. The van der Waals surface area contributed by atoms with Crippen LogP contribution < -0.4 is 4.31 Å². The molecule has 0 fully saturated rings. The number of benzene rings is 2. The first kappa shape index (κ1) is 14.9. The van der Waals surface area contributed by atoms with Gasteiger partial charge in [-0.3, -0.25) is 4.31 Å². The maximum Gasteiger partial charge on any atom is 0.335 e. The van der Waals surface area contributed by atoms with Gasteiger partial charge in [0.1, 0.15) is 0 Å². The summed E-state index contributed by atoms with van der Waals surface area (Å²) in [5, 5.41) is 9.41. The van der Waals surface area contributed by atoms with Gasteiger partial charge in [-0.2, -0.15) is 0 Å². The van der Waals surface area contributed by atoms with Gasteiger partial charge in [0.25, 0.3) is 10.0 Å². The summed E-state index contributed by atoms with van der Waals surface area (Å²) < 4.78 is 26.7. The minimum Gasteiger partial charge on any atom is -0.478 e. The van der Waals surface area contributed by atoms with Gasteiger partial charge in [-0.1, -0.05) is 23.7 Å². The Morgan fingerprint density at radius 2 is 1.95 bits per heavy atom. The second-order valence-corrected chi connectivity index (χ2v) is 7.23. The third-order valence-electron chi connectivity index (χ3n) is 3.57. The van der Waals surface area contributed by atoms with Gasteiger partial charge in [-0.25, -0.2) is 13.2 Å². The lowest BCUT2D eigenvalue weighted by Gasteiger charge is -2.20. The van der Waals surface area contributed by atoms with Crippen LogP contribution in [0, 0.1) is 0 Å². The molecule has 0 radical (unpaired) electrons. The van der Waals surface area contributed by atoms with Crippen molar-refractivity contribution in [3.05, 3.63) is 58.6 Å². The molecule has 0 atom stereocenters. The van der Waals surface area contributed by atoms with Crippen LogP contribution in [0.2, 0.25) is 5.02 Å². The van der Waals surface area contributed by atoms with E-state index in [-0.39, 0.29) is 17.0 Å². The number of sulfonamides is 1. The van der Waals surface area contributed by atoms with E-state index in [0.717, 1.165) is 5.56 Å². The summed E-state index contributed by atoms with van der Waals surface area (Å²) in [6.45, 7) is 0.285. The fourth-order valence-electron chi connectivity index (χ4n) is 2.49. The maximum atomic E-state index is 12.8. The van der Waals surface area contributed by atoms with Crippen molar-refractivity contribution >= 4 is 33.3 Å². The molecule has 0 saturated heterocycles. The fourth-order valence-corrected chi connectivity index (χ4v) is 4.28. The number of carboxylic acids is 1. The van der Waals surface area contributed by atoms with Crippen molar-refractivity contribution < 1.29 is 18.3 Å². The number of rotatable bonds is 3. The Kier molecular flexibility index (Phi) is 3.58. The highest BCUT2D eigenvalue weighted by molar-refractivity contribution is 7.92. The first-order valence-corrected chi connectivity index (χ1v) is 8.36. The Labute approximate surface area is 132 Å². The smallest absolute Gasteiger partial charge is 0.335 e. The van der Waals surface area contributed by atoms with Gasteiger partial charge < -0.3 is 5.11 Å². The van der Waals surface area contributed by atoms with Crippen molar-refractivity contribution in [2.75, 3.05) is 10.8 Å². The summed E-state index contributed by atoms with van der Waals surface area (Å²) >= 11 is 5.86. The van der Waals surface area contributed by atoms with Crippen LogP contribution in [0.25, 0.3) is 0 Å². The minimum atomic E-state index is -3.76. The van der Waals surface area contributed by atoms with E-state index >= 15 is 0 Å². The van der Waals surface area contributed by atoms with Gasteiger partial charge in [-0.05, 0) is 42.3 Å². The molecule has 2 aromatic carbocycles. The van der Waals surface area contributed by atoms with Gasteiger partial charge in [0.15, 0.2) is 0 Å². The number of carbonyl (C=O) groups is 1. The minimum absolute atomic E-state index is 0.0620. The lowest BCUT2D eigenvalue weighted by Crippen LogP contribution is -2.29. The van der Waals surface area contributed by atoms with E-state index in [1.165, 1.54) is 28.6 Å². The van der Waals surface area contributed by atoms with E-state index in [1.54, 1.807) is 18.2 Å². The van der Waals surface area contributed by atoms with Crippen molar-refractivity contribution in [1.82, 2.24) is 0 Å². The molecule has 1 aliphatic heterocycles. The molecule has 3 rings (SSSR count). The van der Waals surface area contributed by atoms with Gasteiger partial charge in [0.05, 0.1) is 16.1 Å². The Hall–Kier alpha value is -2.05. The third kappa shape index (κ3) is 2.44. The number of hydrogen-bond donors (Lipinski definition) is 1. The van der Waals surface area contributed by atoms with E-state index in [0.29, 0.717) is 17.1 Å². The molecule has 0 spiro atoms. The largest absolute Gasteiger partial charge is 0.478 e. The second-order valence-electron chi connectivity index (χ2n) is 4.93. The SMILES string of the molecule is O=C(O)c1ccc2c(c1)N(S(=O)(=O)c1cccc(Cl)c1)CC2. The van der Waals surface area contributed by atoms with E-state index < -0.39 is 16.0 Å². The molecule has 1 aliphatic rings. The van der Waals surface area contributed by atoms with E-state index in [2.05, 4.69) is 0 Å². The highest BCUT2D eigenvalue weighted by atomic mass is 35.5. The summed E-state index contributed by atoms with van der Waals surface area (Å²) in [4.78, 5) is 11.2. The van der Waals surface area contributed by atoms with Crippen LogP contribution in [0.1, 0.15) is 15.9 Å². The number of nitrogens with zero attached hydrogens (tertiary/aromatic N) is 1. The Morgan fingerprint density at radius 1 is 1.18 bits per heavy atom. The zero-order valence-electron chi connectivity index (χ0n) is 11.4. The van der Waals surface area contributed by atoms with Gasteiger partial charge in [0.2, 0.25) is 0 Å². The Bertz CT molecular complexity index is 864. The van der Waals surface area contributed by atoms with Gasteiger partial charge in [0, 0.05) is 11.6 Å². The molecule has 0 aliphatic carbocycles. The first-order valence-electron chi connectivity index (χ1n) is 6.54. The lowest BCUT2D eigenvalue weighted by atomic mass is 10.1. The molecule has 7 heteroatoms. The zero-order chi connectivity index (χ0) is 15.9. The average Bonchev–Trinajstić information content (AvgIpc) is 2.90. The predicted octanol–water partition coefficient (Wildman–Crippen LogP) is 2.79. The molecule has 0 aromatic heterocycles. The fraction of sp³-hybridized carbons (Fsp3) is 0.133. The average molecular weight is 338 g/mol. The molecule has 2 aromatic rings. The molecule has 22 heavy (non-hydrogen) atoms. The molecule has 1 N–H and O–H groups in total. The highest BCUT2D eigenvalue weighted by Gasteiger charge is 2.31. The molecule has 5 nitrogen and oxygen atoms in total. The van der Waals surface area contributed by atoms with Crippen molar-refractivity contribution in [2.45, 2.75) is 11.3 Å². The standard InChI is InChI=1S/C15H12ClNO4S/c16-12-2-1-3-13(9-12)22(20,21)17-7-6-10-4-5-11(15(18)19)8-14(10)17/h1-5,8-9H,6-7H2,(H,18,19). The van der Waals surface area contributed by atoms with Gasteiger partial charge >= 0.3 is 5.97 Å². The van der Waals surface area contributed by atoms with Crippen LogP contribution in [-0.4, -0.2) is 26.0 Å². The number of fused-ring (bicyclic) bond motifs is 1. The van der Waals surface area contributed by atoms with E-state index in [9.17, 15) is 13.2 Å². The molecule has 0 unspecified atom stereocenters. The number of halogens is 1. The number of aromatic carboxylic acids is 1. The Balaban J connectivity index is 2.09. The molecule has 0 amide bonds. The monoisotopic (exact) mass is 337 g/mol. The van der Waals surface area contributed by atoms with Crippen LogP contribution in [0.5, 0.6) is 0 Å². The van der Waals surface area contributed by atoms with Crippen LogP contribution in [-0.2, 0) is 16.4 Å². The van der Waals surface area contributed by atoms with Crippen molar-refractivity contribution in [2.24, 2.45) is 0 Å². The van der Waals surface area contributed by atoms with Crippen molar-refractivity contribution in [3.8, 4) is 0 Å². The number of hydrogen-bond acceptors (Lipinski definition) is 3. The predicted molar refractivity (Wildman–Crippen MR) is 83.1 cm³/mol. The third-order valence-corrected chi connectivity index (χ3v) is 5.61. The van der Waals surface area contributed by atoms with Crippen LogP contribution in [0.15, 0.2) is 47.4 Å². The number of carboxylic acid groups (broad SMARTS) is 1. The zero-order valence-corrected chi connectivity index (χ0v) is 12.9. The summed E-state index contributed by atoms with van der Waals surface area (Å²) in [5.41, 5.74) is 1.29. The lowest BCUT2D eigenvalue weighted by molar-refractivity contribution is 0.0697. The van der Waals surface area contributed by atoms with Gasteiger partial charge in [-0.15, -0.1) is 0 Å². The normalized spacial score (nSPS) is 14.0.